The Morgan fingerprint density at radius 1 is 1.27 bits per heavy atom. The van der Waals surface area contributed by atoms with Crippen LogP contribution in [0.25, 0.3) is 0 Å². The molecule has 0 aliphatic carbocycles. The fourth-order valence-electron chi connectivity index (χ4n) is 2.51. The lowest BCUT2D eigenvalue weighted by Crippen LogP contribution is -2.44. The lowest BCUT2D eigenvalue weighted by Gasteiger charge is -2.31. The molecule has 2 heteroatoms. The molecule has 2 fully saturated rings. The minimum absolute atomic E-state index is 0.881. The van der Waals surface area contributed by atoms with Crippen molar-refractivity contribution in [1.82, 2.24) is 9.80 Å². The zero-order valence-electron chi connectivity index (χ0n) is 7.58. The summed E-state index contributed by atoms with van der Waals surface area (Å²) in [5, 5.41) is 0. The maximum atomic E-state index is 2.66. The van der Waals surface area contributed by atoms with E-state index in [2.05, 4.69) is 23.8 Å². The van der Waals surface area contributed by atoms with Crippen molar-refractivity contribution in [1.29, 1.82) is 0 Å². The summed E-state index contributed by atoms with van der Waals surface area (Å²) in [5.74, 6) is 0. The average Bonchev–Trinajstić information content (AvgIpc) is 2.47. The molecule has 64 valence electrons. The molecule has 0 aromatic rings. The molecular weight excluding hydrogens is 136 g/mol. The molecule has 0 unspecified atom stereocenters. The van der Waals surface area contributed by atoms with Crippen molar-refractivity contribution >= 4 is 0 Å². The van der Waals surface area contributed by atoms with E-state index in [0.29, 0.717) is 0 Å². The molecule has 0 spiro atoms. The Morgan fingerprint density at radius 2 is 2.09 bits per heavy atom. The third kappa shape index (κ3) is 1.18. The van der Waals surface area contributed by atoms with Crippen LogP contribution in [0.15, 0.2) is 0 Å². The highest BCUT2D eigenvalue weighted by Crippen LogP contribution is 2.28. The van der Waals surface area contributed by atoms with Crippen molar-refractivity contribution in [2.45, 2.75) is 31.8 Å². The molecule has 2 bridgehead atoms. The van der Waals surface area contributed by atoms with Gasteiger partial charge >= 0.3 is 0 Å². The maximum Gasteiger partial charge on any atom is 0.0239 e. The topological polar surface area (TPSA) is 6.48 Å². The second-order valence-corrected chi connectivity index (χ2v) is 3.98. The molecule has 0 aromatic carbocycles. The molecule has 2 saturated heterocycles. The highest BCUT2D eigenvalue weighted by atomic mass is 15.3. The van der Waals surface area contributed by atoms with Gasteiger partial charge in [0.1, 0.15) is 0 Å². The zero-order valence-corrected chi connectivity index (χ0v) is 7.58. The molecule has 2 aliphatic rings. The molecular formula is C9H18N2. The number of likely N-dealkylation sites (N-methyl/N-ethyl adjacent to an activating group) is 1. The Bertz CT molecular complexity index is 144. The molecule has 2 atom stereocenters. The second-order valence-electron chi connectivity index (χ2n) is 3.98. The monoisotopic (exact) mass is 154 g/mol. The van der Waals surface area contributed by atoms with E-state index in [9.17, 15) is 0 Å². The number of hydrogen-bond acceptors (Lipinski definition) is 2. The van der Waals surface area contributed by atoms with Gasteiger partial charge in [-0.2, -0.15) is 0 Å². The number of fused-ring (bicyclic) bond motifs is 2. The number of hydrogen-bond donors (Lipinski definition) is 0. The van der Waals surface area contributed by atoms with Crippen LogP contribution in [0, 0.1) is 0 Å². The van der Waals surface area contributed by atoms with Crippen molar-refractivity contribution in [2.24, 2.45) is 0 Å². The Morgan fingerprint density at radius 3 is 2.55 bits per heavy atom. The van der Waals surface area contributed by atoms with Crippen molar-refractivity contribution < 1.29 is 0 Å². The smallest absolute Gasteiger partial charge is 0.0239 e. The Balaban J connectivity index is 1.92. The summed E-state index contributed by atoms with van der Waals surface area (Å²) in [6.45, 7) is 6.23. The van der Waals surface area contributed by atoms with Crippen LogP contribution in [0.4, 0.5) is 0 Å². The summed E-state index contributed by atoms with van der Waals surface area (Å²) in [6, 6.07) is 1.77. The van der Waals surface area contributed by atoms with Crippen LogP contribution in [0.3, 0.4) is 0 Å². The normalized spacial score (nSPS) is 38.7. The van der Waals surface area contributed by atoms with Crippen molar-refractivity contribution in [3.63, 3.8) is 0 Å². The summed E-state index contributed by atoms with van der Waals surface area (Å²) in [4.78, 5) is 5.17. The van der Waals surface area contributed by atoms with E-state index >= 15 is 0 Å². The number of rotatable bonds is 2. The van der Waals surface area contributed by atoms with Crippen LogP contribution in [0.5, 0.6) is 0 Å². The van der Waals surface area contributed by atoms with Crippen molar-refractivity contribution in [3.05, 3.63) is 0 Å². The van der Waals surface area contributed by atoms with E-state index in [1.165, 1.54) is 32.5 Å². The Hall–Kier alpha value is -0.0800. The van der Waals surface area contributed by atoms with Crippen LogP contribution in [-0.2, 0) is 0 Å². The second kappa shape index (κ2) is 2.76. The van der Waals surface area contributed by atoms with Crippen LogP contribution >= 0.6 is 0 Å². The lowest BCUT2D eigenvalue weighted by atomic mass is 10.2. The Labute approximate surface area is 69.2 Å². The van der Waals surface area contributed by atoms with Gasteiger partial charge in [-0.25, -0.2) is 0 Å². The minimum atomic E-state index is 0.881. The highest BCUT2D eigenvalue weighted by molar-refractivity contribution is 4.97. The van der Waals surface area contributed by atoms with Gasteiger partial charge in [0.05, 0.1) is 0 Å². The van der Waals surface area contributed by atoms with E-state index < -0.39 is 0 Å². The third-order valence-corrected chi connectivity index (χ3v) is 3.14. The van der Waals surface area contributed by atoms with Crippen molar-refractivity contribution in [2.75, 3.05) is 26.7 Å². The van der Waals surface area contributed by atoms with Gasteiger partial charge in [0.25, 0.3) is 0 Å². The molecule has 0 aromatic heterocycles. The molecule has 0 saturated carbocycles. The third-order valence-electron chi connectivity index (χ3n) is 3.14. The average molecular weight is 154 g/mol. The number of piperazine rings is 1. The van der Waals surface area contributed by atoms with Gasteiger partial charge in [0.2, 0.25) is 0 Å². The largest absolute Gasteiger partial charge is 0.301 e. The summed E-state index contributed by atoms with van der Waals surface area (Å²) in [7, 11) is 2.26. The number of likely N-dealkylation sites (tertiary alicyclic amines) is 2. The first-order valence-electron chi connectivity index (χ1n) is 4.75. The lowest BCUT2D eigenvalue weighted by molar-refractivity contribution is 0.150. The van der Waals surface area contributed by atoms with Crippen LogP contribution in [0.2, 0.25) is 0 Å². The Kier molecular flexibility index (Phi) is 1.90. The van der Waals surface area contributed by atoms with Gasteiger partial charge in [-0.15, -0.1) is 0 Å². The van der Waals surface area contributed by atoms with Gasteiger partial charge in [0.15, 0.2) is 0 Å². The quantitative estimate of drug-likeness (QED) is 0.580. The first-order valence-corrected chi connectivity index (χ1v) is 4.75. The van der Waals surface area contributed by atoms with E-state index in [4.69, 9.17) is 0 Å². The fourth-order valence-corrected chi connectivity index (χ4v) is 2.51. The summed E-state index contributed by atoms with van der Waals surface area (Å²) >= 11 is 0. The summed E-state index contributed by atoms with van der Waals surface area (Å²) in [5.41, 5.74) is 0. The van der Waals surface area contributed by atoms with Gasteiger partial charge in [-0.3, -0.25) is 4.90 Å². The van der Waals surface area contributed by atoms with Gasteiger partial charge in [-0.05, 0) is 26.4 Å². The first-order chi connectivity index (χ1) is 5.31. The molecule has 2 rings (SSSR count). The molecule has 0 radical (unpaired) electrons. The summed E-state index contributed by atoms with van der Waals surface area (Å²) < 4.78 is 0. The van der Waals surface area contributed by atoms with Gasteiger partial charge in [0, 0.05) is 25.2 Å². The van der Waals surface area contributed by atoms with Crippen LogP contribution in [0.1, 0.15) is 19.8 Å². The van der Waals surface area contributed by atoms with E-state index in [-0.39, 0.29) is 0 Å². The van der Waals surface area contributed by atoms with E-state index in [1.54, 1.807) is 0 Å². The molecule has 11 heavy (non-hydrogen) atoms. The van der Waals surface area contributed by atoms with Crippen LogP contribution < -0.4 is 0 Å². The summed E-state index contributed by atoms with van der Waals surface area (Å²) in [6.07, 6.45) is 2.74. The van der Waals surface area contributed by atoms with Gasteiger partial charge < -0.3 is 4.90 Å². The van der Waals surface area contributed by atoms with Crippen LogP contribution in [-0.4, -0.2) is 48.6 Å². The fraction of sp³-hybridized carbons (Fsp3) is 1.00. The molecule has 2 heterocycles. The van der Waals surface area contributed by atoms with E-state index in [0.717, 1.165) is 12.1 Å². The SMILES string of the molecule is CCCN1C[C@H]2C[C@@H]1CN2C. The highest BCUT2D eigenvalue weighted by Gasteiger charge is 2.40. The predicted molar refractivity (Wildman–Crippen MR) is 46.7 cm³/mol. The van der Waals surface area contributed by atoms with Gasteiger partial charge in [-0.1, -0.05) is 6.92 Å². The zero-order chi connectivity index (χ0) is 7.84. The number of nitrogens with zero attached hydrogens (tertiary/aromatic N) is 2. The molecule has 0 N–H and O–H groups in total. The molecule has 0 amide bonds. The molecule has 2 nitrogen and oxygen atoms in total. The molecule has 2 aliphatic heterocycles. The minimum Gasteiger partial charge on any atom is -0.301 e. The van der Waals surface area contributed by atoms with Crippen molar-refractivity contribution in [3.8, 4) is 0 Å². The standard InChI is InChI=1S/C9H18N2/c1-3-4-11-7-8-5-9(11)6-10(8)2/h8-9H,3-7H2,1-2H3/t8-,9-/m1/s1. The maximum absolute atomic E-state index is 2.66. The predicted octanol–water partition coefficient (Wildman–Crippen LogP) is 0.785. The first kappa shape index (κ1) is 7.56. The van der Waals surface area contributed by atoms with E-state index in [1.807, 2.05) is 0 Å².